The van der Waals surface area contributed by atoms with Gasteiger partial charge in [0.1, 0.15) is 52.7 Å². The molecule has 0 saturated heterocycles. The summed E-state index contributed by atoms with van der Waals surface area (Å²) in [6.45, 7) is 0.287. The van der Waals surface area contributed by atoms with Gasteiger partial charge in [0.2, 0.25) is 17.8 Å². The second-order valence-corrected chi connectivity index (χ2v) is 18.0. The van der Waals surface area contributed by atoms with Gasteiger partial charge in [-0.3, -0.25) is 4.79 Å². The number of para-hydroxylation sites is 1. The maximum atomic E-state index is 15.4. The Morgan fingerprint density at radius 2 is 0.550 bits per heavy atom. The molecule has 0 bridgehead atoms. The number of hydrogen-bond donors (Lipinski definition) is 0. The van der Waals surface area contributed by atoms with Crippen LogP contribution >= 0.6 is 0 Å². The van der Waals surface area contributed by atoms with Crippen molar-refractivity contribution in [2.24, 2.45) is 0 Å². The van der Waals surface area contributed by atoms with Crippen molar-refractivity contribution in [2.45, 2.75) is 6.54 Å². The van der Waals surface area contributed by atoms with Crippen molar-refractivity contribution in [2.75, 3.05) is 0 Å². The topological polar surface area (TPSA) is 20.9 Å². The standard InChI is InChI=1S/C33H22NO.C24BF20/c35-32(21-34-15-7-13-22-8-5-6-14-31(22)34)33-29-19-25-11-3-1-9-23(25)16-27(29)18-28-17-24-10-2-4-12-26(24)20-30(28)33;26-5-1(6(27)14(35)21(42)13(5)34)25(2-7(28)15(36)22(43)16(37)8(2)29,3-9(30)17(38)23(44)18(39)10(3)31)4-11(32)19(40)24(45)20(41)12(4)33/h1-20H,21H2;/q+1;-1. The zero-order chi connectivity index (χ0) is 57.7. The van der Waals surface area contributed by atoms with E-state index in [0.717, 1.165) is 48.8 Å². The first-order chi connectivity index (χ1) is 37.9. The van der Waals surface area contributed by atoms with E-state index in [0.29, 0.717) is 0 Å². The van der Waals surface area contributed by atoms with E-state index in [4.69, 9.17) is 0 Å². The highest BCUT2D eigenvalue weighted by molar-refractivity contribution is 7.20. The van der Waals surface area contributed by atoms with Crippen LogP contribution in [-0.4, -0.2) is 11.9 Å². The maximum absolute atomic E-state index is 15.4. The average Bonchev–Trinajstić information content (AvgIpc) is 3.64. The molecule has 23 heteroatoms. The van der Waals surface area contributed by atoms with Crippen LogP contribution in [0.2, 0.25) is 0 Å². The highest BCUT2D eigenvalue weighted by atomic mass is 19.2. The first-order valence-corrected chi connectivity index (χ1v) is 22.9. The lowest BCUT2D eigenvalue weighted by molar-refractivity contribution is -0.657. The minimum Gasteiger partial charge on any atom is -0.287 e. The molecule has 0 amide bonds. The zero-order valence-electron chi connectivity index (χ0n) is 39.2. The van der Waals surface area contributed by atoms with Crippen molar-refractivity contribution < 1.29 is 97.2 Å². The smallest absolute Gasteiger partial charge is 0.228 e. The van der Waals surface area contributed by atoms with E-state index in [1.54, 1.807) is 0 Å². The van der Waals surface area contributed by atoms with Crippen LogP contribution in [0.4, 0.5) is 87.8 Å². The minimum atomic E-state index is -7.22. The molecule has 0 aliphatic heterocycles. The Hall–Kier alpha value is -9.02. The van der Waals surface area contributed by atoms with Gasteiger partial charge in [0, 0.05) is 23.1 Å². The number of nitrogens with zero attached hydrogens (tertiary/aromatic N) is 1. The summed E-state index contributed by atoms with van der Waals surface area (Å²) in [7, 11) is 0. The monoisotopic (exact) mass is 1130 g/mol. The third-order valence-corrected chi connectivity index (χ3v) is 13.8. The molecule has 404 valence electrons. The van der Waals surface area contributed by atoms with Crippen LogP contribution in [0.1, 0.15) is 10.4 Å². The van der Waals surface area contributed by atoms with Gasteiger partial charge in [0.25, 0.3) is 0 Å². The van der Waals surface area contributed by atoms with Crippen LogP contribution in [0.5, 0.6) is 0 Å². The number of Topliss-reactive ketones (excluding diaryl/α,β-unsaturated/α-hetero) is 1. The molecule has 0 N–H and O–H groups in total. The summed E-state index contributed by atoms with van der Waals surface area (Å²) in [6, 6.07) is 40.0. The lowest BCUT2D eigenvalue weighted by Crippen LogP contribution is -2.81. The fourth-order valence-corrected chi connectivity index (χ4v) is 10.3. The molecule has 2 nitrogen and oxygen atoms in total. The Morgan fingerprint density at radius 3 is 0.875 bits per heavy atom. The molecule has 11 rings (SSSR count). The third kappa shape index (κ3) is 8.13. The van der Waals surface area contributed by atoms with Gasteiger partial charge < -0.3 is 0 Å². The van der Waals surface area contributed by atoms with Crippen molar-refractivity contribution in [1.29, 1.82) is 0 Å². The Bertz CT molecular complexity index is 4010. The second-order valence-electron chi connectivity index (χ2n) is 18.0. The summed E-state index contributed by atoms with van der Waals surface area (Å²) < 4.78 is 296. The first-order valence-electron chi connectivity index (χ1n) is 22.9. The molecule has 0 saturated carbocycles. The van der Waals surface area contributed by atoms with E-state index < -0.39 is 144 Å². The highest BCUT2D eigenvalue weighted by Gasteiger charge is 2.52. The summed E-state index contributed by atoms with van der Waals surface area (Å²) >= 11 is 0. The van der Waals surface area contributed by atoms with E-state index in [-0.39, 0.29) is 12.3 Å². The van der Waals surface area contributed by atoms with Gasteiger partial charge >= 0.3 is 0 Å². The molecule has 80 heavy (non-hydrogen) atoms. The Labute approximate surface area is 433 Å². The average molecular weight is 1130 g/mol. The molecule has 0 radical (unpaired) electrons. The number of benzene rings is 10. The van der Waals surface area contributed by atoms with Gasteiger partial charge in [-0.2, -0.15) is 4.57 Å². The van der Waals surface area contributed by atoms with Crippen molar-refractivity contribution in [3.8, 4) is 0 Å². The number of carbonyl (C=O) groups is 1. The van der Waals surface area contributed by atoms with Gasteiger partial charge in [-0.1, -0.05) is 60.7 Å². The number of ketones is 1. The van der Waals surface area contributed by atoms with Crippen LogP contribution in [0.25, 0.3) is 54.0 Å². The van der Waals surface area contributed by atoms with E-state index in [1.807, 2.05) is 24.4 Å². The largest absolute Gasteiger partial charge is 0.287 e. The molecule has 0 spiro atoms. The van der Waals surface area contributed by atoms with E-state index in [1.165, 1.54) is 10.8 Å². The predicted molar refractivity (Wildman–Crippen MR) is 254 cm³/mol. The molecule has 0 unspecified atom stereocenters. The lowest BCUT2D eigenvalue weighted by Gasteiger charge is -2.44. The van der Waals surface area contributed by atoms with Gasteiger partial charge in [-0.15, -0.1) is 21.9 Å². The van der Waals surface area contributed by atoms with Crippen LogP contribution < -0.4 is 26.4 Å². The Morgan fingerprint density at radius 1 is 0.300 bits per heavy atom. The second kappa shape index (κ2) is 20.0. The molecule has 0 aliphatic rings. The normalized spacial score (nSPS) is 11.8. The first kappa shape index (κ1) is 54.3. The summed E-state index contributed by atoms with van der Waals surface area (Å²) in [6.07, 6.45) is -5.22. The van der Waals surface area contributed by atoms with Crippen molar-refractivity contribution in [3.05, 3.63) is 243 Å². The van der Waals surface area contributed by atoms with Crippen LogP contribution in [0.3, 0.4) is 0 Å². The van der Waals surface area contributed by atoms with Gasteiger partial charge in [-0.05, 0) is 85.6 Å². The van der Waals surface area contributed by atoms with E-state index >= 15 is 35.1 Å². The molecule has 0 fully saturated rings. The van der Waals surface area contributed by atoms with Gasteiger partial charge in [0.05, 0.1) is 0 Å². The highest BCUT2D eigenvalue weighted by Crippen LogP contribution is 2.36. The summed E-state index contributed by atoms with van der Waals surface area (Å²) in [5.41, 5.74) is -12.5. The number of rotatable bonds is 7. The number of pyridine rings is 1. The van der Waals surface area contributed by atoms with Gasteiger partial charge in [-0.25, -0.2) is 87.8 Å². The van der Waals surface area contributed by atoms with E-state index in [9.17, 15) is 57.5 Å². The quantitative estimate of drug-likeness (QED) is 0.0296. The summed E-state index contributed by atoms with van der Waals surface area (Å²) in [4.78, 5) is 14.1. The predicted octanol–water partition coefficient (Wildman–Crippen LogP) is 13.5. The minimum absolute atomic E-state index is 0.118. The van der Waals surface area contributed by atoms with E-state index in [2.05, 4.69) is 102 Å². The SMILES string of the molecule is Fc1c(F)c(F)c([B-](c2c(F)c(F)c(F)c(F)c2F)(c2c(F)c(F)c(F)c(F)c2F)c2c(F)c(F)c(F)c(F)c2F)c(F)c1F.O=C(C[n+]1cccc2ccccc21)c1c2cc3ccccc3cc2cc2cc3ccccc3cc12. The maximum Gasteiger partial charge on any atom is 0.228 e. The number of fused-ring (bicyclic) bond motifs is 5. The molecular formula is C57H22BF20NO. The molecule has 0 atom stereocenters. The Balaban J connectivity index is 0.000000185. The number of hydrogen-bond acceptors (Lipinski definition) is 1. The fourth-order valence-electron chi connectivity index (χ4n) is 10.3. The lowest BCUT2D eigenvalue weighted by atomic mass is 9.12. The van der Waals surface area contributed by atoms with Crippen LogP contribution in [0, 0.1) is 116 Å². The summed E-state index contributed by atoms with van der Waals surface area (Å²) in [5.74, 6) is -71.3. The number of aromatic nitrogens is 1. The molecule has 1 aromatic heterocycles. The van der Waals surface area contributed by atoms with Crippen molar-refractivity contribution in [3.63, 3.8) is 0 Å². The zero-order valence-corrected chi connectivity index (χ0v) is 39.2. The molecule has 0 aliphatic carbocycles. The van der Waals surface area contributed by atoms with Crippen molar-refractivity contribution >= 4 is 87.8 Å². The van der Waals surface area contributed by atoms with Gasteiger partial charge in [0.15, 0.2) is 76.0 Å². The third-order valence-electron chi connectivity index (χ3n) is 13.8. The molecular weight excluding hydrogens is 1110 g/mol. The fraction of sp³-hybridized carbons (Fsp3) is 0.0175. The van der Waals surface area contributed by atoms with Crippen LogP contribution in [-0.2, 0) is 6.54 Å². The number of halogens is 20. The summed E-state index contributed by atoms with van der Waals surface area (Å²) in [5, 5.41) is 10.00. The van der Waals surface area contributed by atoms with Crippen molar-refractivity contribution in [1.82, 2.24) is 0 Å². The molecule has 1 heterocycles. The Kier molecular flexibility index (Phi) is 13.6. The molecule has 10 aromatic carbocycles. The van der Waals surface area contributed by atoms with Crippen LogP contribution in [0.15, 0.2) is 121 Å². The molecule has 11 aromatic rings. The number of carbonyl (C=O) groups excluding carboxylic acids is 1.